The molecule has 1 aromatic rings. The van der Waals surface area contributed by atoms with Crippen molar-refractivity contribution in [3.63, 3.8) is 0 Å². The number of rotatable bonds is 7. The predicted octanol–water partition coefficient (Wildman–Crippen LogP) is 1.61. The maximum absolute atomic E-state index is 12.2. The minimum atomic E-state index is -3.55. The number of hydrogen-bond donors (Lipinski definition) is 2. The summed E-state index contributed by atoms with van der Waals surface area (Å²) in [4.78, 5) is 0.134. The molecule has 6 nitrogen and oxygen atoms in total. The Hall–Kier alpha value is -0.410. The smallest absolute Gasteiger partial charge is 0.244 e. The van der Waals surface area contributed by atoms with Crippen LogP contribution in [-0.2, 0) is 21.3 Å². The van der Waals surface area contributed by atoms with E-state index in [1.165, 1.54) is 6.07 Å². The van der Waals surface area contributed by atoms with Crippen LogP contribution in [-0.4, -0.2) is 34.7 Å². The second-order valence-electron chi connectivity index (χ2n) is 4.70. The van der Waals surface area contributed by atoms with Gasteiger partial charge >= 0.3 is 0 Å². The lowest BCUT2D eigenvalue weighted by Gasteiger charge is -2.09. The lowest BCUT2D eigenvalue weighted by Crippen LogP contribution is -2.27. The maximum Gasteiger partial charge on any atom is 0.244 e. The summed E-state index contributed by atoms with van der Waals surface area (Å²) in [6.07, 6.45) is 2.92. The molecule has 20 heavy (non-hydrogen) atoms. The molecular formula is C12H19BrN2O4S. The van der Waals surface area contributed by atoms with Gasteiger partial charge in [0.25, 0.3) is 0 Å². The zero-order valence-electron chi connectivity index (χ0n) is 11.3. The fourth-order valence-corrected chi connectivity index (χ4v) is 4.19. The van der Waals surface area contributed by atoms with Crippen LogP contribution in [0.5, 0.6) is 0 Å². The van der Waals surface area contributed by atoms with Crippen molar-refractivity contribution >= 4 is 26.0 Å². The van der Waals surface area contributed by atoms with Gasteiger partial charge in [0, 0.05) is 19.2 Å². The highest BCUT2D eigenvalue weighted by molar-refractivity contribution is 9.10. The molecule has 0 saturated carbocycles. The monoisotopic (exact) mass is 366 g/mol. The van der Waals surface area contributed by atoms with Crippen LogP contribution in [0.4, 0.5) is 0 Å². The van der Waals surface area contributed by atoms with E-state index < -0.39 is 10.0 Å². The van der Waals surface area contributed by atoms with Gasteiger partial charge in [0.2, 0.25) is 10.0 Å². The molecule has 2 heterocycles. The molecule has 1 aromatic heterocycles. The number of halogens is 1. The van der Waals surface area contributed by atoms with Crippen LogP contribution in [0, 0.1) is 0 Å². The van der Waals surface area contributed by atoms with Crippen molar-refractivity contribution in [2.45, 2.75) is 36.8 Å². The highest BCUT2D eigenvalue weighted by Gasteiger charge is 2.23. The molecule has 1 aliphatic heterocycles. The first-order chi connectivity index (χ1) is 9.53. The number of ether oxygens (including phenoxy) is 1. The summed E-state index contributed by atoms with van der Waals surface area (Å²) in [5, 5.41) is 2.91. The van der Waals surface area contributed by atoms with E-state index in [4.69, 9.17) is 9.15 Å². The lowest BCUT2D eigenvalue weighted by molar-refractivity contribution is 0.105. The van der Waals surface area contributed by atoms with Crippen molar-refractivity contribution in [1.29, 1.82) is 0 Å². The molecule has 114 valence electrons. The molecule has 1 atom stereocenters. The van der Waals surface area contributed by atoms with Crippen LogP contribution in [0.25, 0.3) is 0 Å². The first kappa shape index (κ1) is 16.0. The van der Waals surface area contributed by atoms with Gasteiger partial charge in [-0.05, 0) is 42.2 Å². The topological polar surface area (TPSA) is 80.6 Å². The van der Waals surface area contributed by atoms with Gasteiger partial charge in [-0.2, -0.15) is 0 Å². The molecule has 1 saturated heterocycles. The summed E-state index contributed by atoms with van der Waals surface area (Å²) in [5.41, 5.74) is 0. The molecule has 1 aliphatic rings. The fraction of sp³-hybridized carbons (Fsp3) is 0.667. The third kappa shape index (κ3) is 4.05. The van der Waals surface area contributed by atoms with E-state index in [1.54, 1.807) is 7.05 Å². The normalized spacial score (nSPS) is 19.6. The Morgan fingerprint density at radius 3 is 2.95 bits per heavy atom. The van der Waals surface area contributed by atoms with Crippen molar-refractivity contribution in [3.05, 3.63) is 16.5 Å². The zero-order valence-corrected chi connectivity index (χ0v) is 13.7. The Morgan fingerprint density at radius 2 is 2.30 bits per heavy atom. The zero-order chi connectivity index (χ0) is 14.6. The summed E-state index contributed by atoms with van der Waals surface area (Å²) in [6.45, 7) is 1.62. The molecule has 0 radical (unpaired) electrons. The van der Waals surface area contributed by atoms with Gasteiger partial charge in [0.05, 0.1) is 12.6 Å². The molecule has 1 fully saturated rings. The van der Waals surface area contributed by atoms with Crippen LogP contribution >= 0.6 is 15.9 Å². The summed E-state index contributed by atoms with van der Waals surface area (Å²) in [6, 6.07) is 1.52. The van der Waals surface area contributed by atoms with E-state index in [-0.39, 0.29) is 15.7 Å². The summed E-state index contributed by atoms with van der Waals surface area (Å²) < 4.78 is 38.0. The van der Waals surface area contributed by atoms with Crippen LogP contribution in [0.15, 0.2) is 20.0 Å². The molecule has 2 N–H and O–H groups in total. The van der Waals surface area contributed by atoms with E-state index in [9.17, 15) is 8.42 Å². The van der Waals surface area contributed by atoms with Gasteiger partial charge in [0.1, 0.15) is 10.7 Å². The Labute approximate surface area is 127 Å². The quantitative estimate of drug-likeness (QED) is 0.765. The van der Waals surface area contributed by atoms with Gasteiger partial charge < -0.3 is 14.5 Å². The first-order valence-corrected chi connectivity index (χ1v) is 8.84. The van der Waals surface area contributed by atoms with Crippen molar-refractivity contribution in [2.24, 2.45) is 0 Å². The Kier molecular flexibility index (Phi) is 5.62. The molecule has 8 heteroatoms. The molecule has 0 aliphatic carbocycles. The molecule has 0 bridgehead atoms. The second-order valence-corrected chi connectivity index (χ2v) is 7.16. The van der Waals surface area contributed by atoms with Crippen molar-refractivity contribution in [3.8, 4) is 0 Å². The van der Waals surface area contributed by atoms with Gasteiger partial charge in [-0.25, -0.2) is 13.1 Å². The number of nitrogens with one attached hydrogen (secondary N) is 2. The minimum Gasteiger partial charge on any atom is -0.452 e. The Bertz CT molecular complexity index is 538. The summed E-state index contributed by atoms with van der Waals surface area (Å²) in [7, 11) is -1.79. The van der Waals surface area contributed by atoms with E-state index in [2.05, 4.69) is 26.0 Å². The van der Waals surface area contributed by atoms with Crippen LogP contribution in [0.3, 0.4) is 0 Å². The van der Waals surface area contributed by atoms with E-state index in [0.29, 0.717) is 25.3 Å². The van der Waals surface area contributed by atoms with Gasteiger partial charge in [-0.15, -0.1) is 0 Å². The summed E-state index contributed by atoms with van der Waals surface area (Å²) >= 11 is 3.14. The number of hydrogen-bond acceptors (Lipinski definition) is 5. The largest absolute Gasteiger partial charge is 0.452 e. The molecule has 0 aromatic carbocycles. The highest BCUT2D eigenvalue weighted by atomic mass is 79.9. The average molecular weight is 367 g/mol. The molecule has 0 spiro atoms. The molecule has 1 unspecified atom stereocenters. The molecule has 2 rings (SSSR count). The Morgan fingerprint density at radius 1 is 1.50 bits per heavy atom. The number of sulfonamides is 1. The molecule has 0 amide bonds. The molecular weight excluding hydrogens is 348 g/mol. The maximum atomic E-state index is 12.2. The Balaban J connectivity index is 1.94. The predicted molar refractivity (Wildman–Crippen MR) is 78.0 cm³/mol. The third-order valence-corrected chi connectivity index (χ3v) is 5.45. The van der Waals surface area contributed by atoms with Gasteiger partial charge in [0.15, 0.2) is 4.67 Å². The van der Waals surface area contributed by atoms with Crippen molar-refractivity contribution < 1.29 is 17.6 Å². The highest BCUT2D eigenvalue weighted by Crippen LogP contribution is 2.26. The first-order valence-electron chi connectivity index (χ1n) is 6.57. The fourth-order valence-electron chi connectivity index (χ4n) is 2.15. The average Bonchev–Trinajstić information content (AvgIpc) is 2.99. The van der Waals surface area contributed by atoms with Crippen LogP contribution < -0.4 is 10.0 Å². The second kappa shape index (κ2) is 7.04. The van der Waals surface area contributed by atoms with E-state index in [1.807, 2.05) is 0 Å². The number of furan rings is 1. The van der Waals surface area contributed by atoms with Crippen LogP contribution in [0.1, 0.15) is 25.0 Å². The standard InChI is InChI=1S/C12H19BrN2O4S/c1-14-8-10-7-11(12(13)19-10)20(16,17)15-5-4-9-3-2-6-18-9/h7,9,14-15H,2-6,8H2,1H3. The van der Waals surface area contributed by atoms with Crippen LogP contribution in [0.2, 0.25) is 0 Å². The van der Waals surface area contributed by atoms with E-state index in [0.717, 1.165) is 19.4 Å². The minimum absolute atomic E-state index is 0.134. The summed E-state index contributed by atoms with van der Waals surface area (Å²) in [5.74, 6) is 0.568. The SMILES string of the molecule is CNCc1cc(S(=O)(=O)NCCC2CCCO2)c(Br)o1. The van der Waals surface area contributed by atoms with Crippen molar-refractivity contribution in [1.82, 2.24) is 10.0 Å². The van der Waals surface area contributed by atoms with E-state index >= 15 is 0 Å². The van der Waals surface area contributed by atoms with Crippen molar-refractivity contribution in [2.75, 3.05) is 20.2 Å². The lowest BCUT2D eigenvalue weighted by atomic mass is 10.2. The third-order valence-electron chi connectivity index (χ3n) is 3.13. The van der Waals surface area contributed by atoms with Gasteiger partial charge in [-0.3, -0.25) is 0 Å². The van der Waals surface area contributed by atoms with Gasteiger partial charge in [-0.1, -0.05) is 0 Å².